The van der Waals surface area contributed by atoms with Crippen molar-refractivity contribution in [2.45, 2.75) is 18.9 Å². The van der Waals surface area contributed by atoms with Gasteiger partial charge in [-0.2, -0.15) is 0 Å². The van der Waals surface area contributed by atoms with Crippen LogP contribution in [0.15, 0.2) is 42.5 Å². The largest absolute Gasteiger partial charge is 0.497 e. The van der Waals surface area contributed by atoms with Gasteiger partial charge in [-0.15, -0.1) is 0 Å². The van der Waals surface area contributed by atoms with E-state index in [1.165, 1.54) is 12.1 Å². The summed E-state index contributed by atoms with van der Waals surface area (Å²) in [7, 11) is 1.61. The maximum absolute atomic E-state index is 12.9. The predicted octanol–water partition coefficient (Wildman–Crippen LogP) is 3.63. The molecule has 0 saturated carbocycles. The summed E-state index contributed by atoms with van der Waals surface area (Å²) in [5, 5.41) is 10.4. The van der Waals surface area contributed by atoms with Gasteiger partial charge in [0.05, 0.1) is 13.2 Å². The Morgan fingerprint density at radius 2 is 1.85 bits per heavy atom. The lowest BCUT2D eigenvalue weighted by Gasteiger charge is -2.12. The van der Waals surface area contributed by atoms with Gasteiger partial charge in [0.15, 0.2) is 0 Å². The second-order valence-electron chi connectivity index (χ2n) is 4.65. The lowest BCUT2D eigenvalue weighted by atomic mass is 10.0. The molecule has 2 aromatic rings. The molecule has 1 atom stereocenters. The van der Waals surface area contributed by atoms with Crippen molar-refractivity contribution in [1.82, 2.24) is 0 Å². The van der Waals surface area contributed by atoms with E-state index in [1.807, 2.05) is 24.3 Å². The van der Waals surface area contributed by atoms with Gasteiger partial charge in [-0.25, -0.2) is 4.39 Å². The van der Waals surface area contributed by atoms with Crippen LogP contribution in [0, 0.1) is 5.82 Å². The minimum absolute atomic E-state index is 0.346. The number of hydrogen-bond acceptors (Lipinski definition) is 2. The second kappa shape index (κ2) is 6.73. The smallest absolute Gasteiger partial charge is 0.124 e. The maximum Gasteiger partial charge on any atom is 0.124 e. The molecule has 0 fully saturated rings. The summed E-state index contributed by atoms with van der Waals surface area (Å²) in [4.78, 5) is 0. The molecular formula is C16H16ClFO2. The highest BCUT2D eigenvalue weighted by Gasteiger charge is 2.10. The van der Waals surface area contributed by atoms with Gasteiger partial charge in [-0.3, -0.25) is 0 Å². The molecule has 1 N–H and O–H groups in total. The predicted molar refractivity (Wildman–Crippen MR) is 77.8 cm³/mol. The van der Waals surface area contributed by atoms with E-state index in [0.717, 1.165) is 16.9 Å². The molecule has 2 nitrogen and oxygen atoms in total. The molecular weight excluding hydrogens is 279 g/mol. The van der Waals surface area contributed by atoms with E-state index in [4.69, 9.17) is 16.3 Å². The Morgan fingerprint density at radius 3 is 2.45 bits per heavy atom. The average Bonchev–Trinajstić information content (AvgIpc) is 2.43. The van der Waals surface area contributed by atoms with Gasteiger partial charge < -0.3 is 9.84 Å². The fourth-order valence-electron chi connectivity index (χ4n) is 2.05. The second-order valence-corrected chi connectivity index (χ2v) is 5.05. The molecule has 2 rings (SSSR count). The number of hydrogen-bond donors (Lipinski definition) is 1. The van der Waals surface area contributed by atoms with Gasteiger partial charge in [0.25, 0.3) is 0 Å². The summed E-state index contributed by atoms with van der Waals surface area (Å²) in [5.41, 5.74) is 1.76. The fraction of sp³-hybridized carbons (Fsp3) is 0.250. The van der Waals surface area contributed by atoms with Crippen LogP contribution in [0.5, 0.6) is 5.75 Å². The molecule has 0 heterocycles. The zero-order valence-corrected chi connectivity index (χ0v) is 11.9. The van der Waals surface area contributed by atoms with E-state index in [1.54, 1.807) is 13.2 Å². The van der Waals surface area contributed by atoms with Crippen LogP contribution in [-0.2, 0) is 12.8 Å². The van der Waals surface area contributed by atoms with E-state index in [9.17, 15) is 9.50 Å². The van der Waals surface area contributed by atoms with Crippen molar-refractivity contribution in [3.05, 3.63) is 64.4 Å². The third-order valence-corrected chi connectivity index (χ3v) is 3.45. The Balaban J connectivity index is 1.99. The lowest BCUT2D eigenvalue weighted by molar-refractivity contribution is 0.175. The molecule has 0 aliphatic rings. The van der Waals surface area contributed by atoms with Gasteiger partial charge >= 0.3 is 0 Å². The number of aliphatic hydroxyl groups excluding tert-OH is 1. The first-order valence-electron chi connectivity index (χ1n) is 6.33. The average molecular weight is 295 g/mol. The first kappa shape index (κ1) is 14.8. The van der Waals surface area contributed by atoms with Gasteiger partial charge in [-0.1, -0.05) is 29.8 Å². The van der Waals surface area contributed by atoms with E-state index >= 15 is 0 Å². The standard InChI is InChI=1S/C16H16ClFO2/c1-20-15-6-2-11(3-7-15)8-14(19)9-12-4-5-13(18)10-16(12)17/h2-7,10,14,19H,8-9H2,1H3. The minimum Gasteiger partial charge on any atom is -0.497 e. The van der Waals surface area contributed by atoms with Crippen molar-refractivity contribution in [2.75, 3.05) is 7.11 Å². The molecule has 20 heavy (non-hydrogen) atoms. The summed E-state index contributed by atoms with van der Waals surface area (Å²) in [5.74, 6) is 0.410. The molecule has 0 aromatic heterocycles. The molecule has 0 radical (unpaired) electrons. The Labute approximate surface area is 122 Å². The highest BCUT2D eigenvalue weighted by atomic mass is 35.5. The van der Waals surface area contributed by atoms with Crippen LogP contribution in [0.2, 0.25) is 5.02 Å². The van der Waals surface area contributed by atoms with Crippen molar-refractivity contribution in [2.24, 2.45) is 0 Å². The van der Waals surface area contributed by atoms with Gasteiger partial charge in [0, 0.05) is 11.4 Å². The van der Waals surface area contributed by atoms with Crippen LogP contribution in [0.25, 0.3) is 0 Å². The highest BCUT2D eigenvalue weighted by molar-refractivity contribution is 6.31. The normalized spacial score (nSPS) is 12.2. The van der Waals surface area contributed by atoms with Gasteiger partial charge in [0.2, 0.25) is 0 Å². The fourth-order valence-corrected chi connectivity index (χ4v) is 2.29. The summed E-state index contributed by atoms with van der Waals surface area (Å²) < 4.78 is 18.0. The third kappa shape index (κ3) is 3.95. The van der Waals surface area contributed by atoms with Crippen molar-refractivity contribution in [3.63, 3.8) is 0 Å². The molecule has 0 bridgehead atoms. The van der Waals surface area contributed by atoms with Gasteiger partial charge in [-0.05, 0) is 41.8 Å². The highest BCUT2D eigenvalue weighted by Crippen LogP contribution is 2.20. The molecule has 1 unspecified atom stereocenters. The molecule has 0 amide bonds. The number of rotatable bonds is 5. The molecule has 2 aromatic carbocycles. The van der Waals surface area contributed by atoms with Crippen molar-refractivity contribution in [3.8, 4) is 5.75 Å². The Morgan fingerprint density at radius 1 is 1.15 bits per heavy atom. The Hall–Kier alpha value is -1.58. The SMILES string of the molecule is COc1ccc(CC(O)Cc2ccc(F)cc2Cl)cc1. The molecule has 0 saturated heterocycles. The monoisotopic (exact) mass is 294 g/mol. The van der Waals surface area contributed by atoms with E-state index in [-0.39, 0.29) is 5.82 Å². The van der Waals surface area contributed by atoms with E-state index < -0.39 is 6.10 Å². The maximum atomic E-state index is 12.9. The van der Waals surface area contributed by atoms with E-state index in [2.05, 4.69) is 0 Å². The number of ether oxygens (including phenoxy) is 1. The summed E-state index contributed by atoms with van der Waals surface area (Å²) in [6.45, 7) is 0. The van der Waals surface area contributed by atoms with Crippen LogP contribution in [0.4, 0.5) is 4.39 Å². The van der Waals surface area contributed by atoms with Crippen molar-refractivity contribution >= 4 is 11.6 Å². The van der Waals surface area contributed by atoms with E-state index in [0.29, 0.717) is 17.9 Å². The summed E-state index contributed by atoms with van der Waals surface area (Å²) in [6.07, 6.45) is 0.342. The zero-order chi connectivity index (χ0) is 14.5. The van der Waals surface area contributed by atoms with Crippen LogP contribution < -0.4 is 4.74 Å². The molecule has 0 aliphatic carbocycles. The van der Waals surface area contributed by atoms with Gasteiger partial charge in [0.1, 0.15) is 11.6 Å². The first-order chi connectivity index (χ1) is 9.58. The summed E-state index contributed by atoms with van der Waals surface area (Å²) in [6, 6.07) is 11.7. The van der Waals surface area contributed by atoms with Crippen molar-refractivity contribution in [1.29, 1.82) is 0 Å². The number of aliphatic hydroxyl groups is 1. The molecule has 4 heteroatoms. The topological polar surface area (TPSA) is 29.5 Å². The third-order valence-electron chi connectivity index (χ3n) is 3.10. The first-order valence-corrected chi connectivity index (χ1v) is 6.71. The zero-order valence-electron chi connectivity index (χ0n) is 11.1. The molecule has 0 spiro atoms. The minimum atomic E-state index is -0.564. The quantitative estimate of drug-likeness (QED) is 0.912. The molecule has 0 aliphatic heterocycles. The Kier molecular flexibility index (Phi) is 4.99. The Bertz CT molecular complexity index is 569. The number of benzene rings is 2. The summed E-state index contributed by atoms with van der Waals surface area (Å²) >= 11 is 5.95. The lowest BCUT2D eigenvalue weighted by Crippen LogP contribution is -2.14. The van der Waals surface area contributed by atoms with Crippen LogP contribution in [0.3, 0.4) is 0 Å². The number of methoxy groups -OCH3 is 1. The number of halogens is 2. The van der Waals surface area contributed by atoms with Crippen LogP contribution in [-0.4, -0.2) is 18.3 Å². The molecule has 106 valence electrons. The van der Waals surface area contributed by atoms with Crippen LogP contribution in [0.1, 0.15) is 11.1 Å². The van der Waals surface area contributed by atoms with Crippen LogP contribution >= 0.6 is 11.6 Å². The van der Waals surface area contributed by atoms with Crippen molar-refractivity contribution < 1.29 is 14.2 Å².